The molecule has 23 heavy (non-hydrogen) atoms. The molecule has 0 saturated heterocycles. The first-order valence-corrected chi connectivity index (χ1v) is 7.51. The molecule has 128 valence electrons. The van der Waals surface area contributed by atoms with Gasteiger partial charge in [0.25, 0.3) is 0 Å². The van der Waals surface area contributed by atoms with Crippen LogP contribution in [0, 0.1) is 5.82 Å². The molecule has 0 aliphatic rings. The molecule has 0 aliphatic heterocycles. The Kier molecular flexibility index (Phi) is 6.81. The van der Waals surface area contributed by atoms with Crippen molar-refractivity contribution in [2.45, 2.75) is 45.3 Å². The standard InChI is InChI=1S/C16H21ClFNO4/c1-16(2,3)23-15(21)19-13(14(20)22-4)8-6-10-5-7-12(18)11(17)9-10/h5,7,9,13H,6,8H2,1-4H3,(H,19,21). The lowest BCUT2D eigenvalue weighted by Gasteiger charge is -2.22. The Bertz CT molecular complexity index is 572. The van der Waals surface area contributed by atoms with Crippen LogP contribution in [0.4, 0.5) is 9.18 Å². The number of carbonyl (C=O) groups excluding carboxylic acids is 2. The predicted octanol–water partition coefficient (Wildman–Crippen LogP) is 3.48. The highest BCUT2D eigenvalue weighted by Crippen LogP contribution is 2.17. The molecule has 7 heteroatoms. The van der Waals surface area contributed by atoms with Crippen LogP contribution in [0.15, 0.2) is 18.2 Å². The number of ether oxygens (including phenoxy) is 2. The first-order valence-electron chi connectivity index (χ1n) is 7.13. The minimum absolute atomic E-state index is 0.0113. The van der Waals surface area contributed by atoms with Crippen molar-refractivity contribution in [3.05, 3.63) is 34.6 Å². The molecule has 0 bridgehead atoms. The first-order chi connectivity index (χ1) is 10.6. The SMILES string of the molecule is COC(=O)C(CCc1ccc(F)c(Cl)c1)NC(=O)OC(C)(C)C. The molecular formula is C16H21ClFNO4. The van der Waals surface area contributed by atoms with Crippen LogP contribution in [0.1, 0.15) is 32.8 Å². The Balaban J connectivity index is 2.69. The summed E-state index contributed by atoms with van der Waals surface area (Å²) < 4.78 is 22.9. The molecule has 0 aromatic heterocycles. The van der Waals surface area contributed by atoms with E-state index >= 15 is 0 Å². The van der Waals surface area contributed by atoms with Crippen molar-refractivity contribution >= 4 is 23.7 Å². The van der Waals surface area contributed by atoms with E-state index in [1.165, 1.54) is 19.2 Å². The van der Waals surface area contributed by atoms with Crippen molar-refractivity contribution in [3.8, 4) is 0 Å². The summed E-state index contributed by atoms with van der Waals surface area (Å²) in [5.41, 5.74) is 0.0752. The second-order valence-corrected chi connectivity index (χ2v) is 6.42. The number of hydrogen-bond donors (Lipinski definition) is 1. The van der Waals surface area contributed by atoms with Crippen molar-refractivity contribution in [2.24, 2.45) is 0 Å². The van der Waals surface area contributed by atoms with Gasteiger partial charge in [-0.2, -0.15) is 0 Å². The molecule has 0 aliphatic carbocycles. The minimum atomic E-state index is -0.862. The van der Waals surface area contributed by atoms with Gasteiger partial charge in [-0.25, -0.2) is 14.0 Å². The smallest absolute Gasteiger partial charge is 0.408 e. The molecule has 0 saturated carbocycles. The van der Waals surface area contributed by atoms with E-state index in [-0.39, 0.29) is 11.4 Å². The van der Waals surface area contributed by atoms with Gasteiger partial charge in [-0.15, -0.1) is 0 Å². The van der Waals surface area contributed by atoms with Gasteiger partial charge in [0.05, 0.1) is 12.1 Å². The van der Waals surface area contributed by atoms with Crippen LogP contribution in [0.25, 0.3) is 0 Å². The van der Waals surface area contributed by atoms with Crippen LogP contribution in [-0.2, 0) is 20.7 Å². The Morgan fingerprint density at radius 1 is 1.35 bits per heavy atom. The van der Waals surface area contributed by atoms with Crippen LogP contribution < -0.4 is 5.32 Å². The number of esters is 1. The highest BCUT2D eigenvalue weighted by Gasteiger charge is 2.24. The maximum absolute atomic E-state index is 13.1. The molecule has 1 atom stereocenters. The molecule has 0 heterocycles. The van der Waals surface area contributed by atoms with Gasteiger partial charge in [0.1, 0.15) is 17.5 Å². The summed E-state index contributed by atoms with van der Waals surface area (Å²) in [5, 5.41) is 2.49. The van der Waals surface area contributed by atoms with E-state index in [0.29, 0.717) is 6.42 Å². The van der Waals surface area contributed by atoms with E-state index in [0.717, 1.165) is 5.56 Å². The summed E-state index contributed by atoms with van der Waals surface area (Å²) >= 11 is 5.72. The maximum Gasteiger partial charge on any atom is 0.408 e. The lowest BCUT2D eigenvalue weighted by Crippen LogP contribution is -2.44. The van der Waals surface area contributed by atoms with Gasteiger partial charge < -0.3 is 14.8 Å². The highest BCUT2D eigenvalue weighted by molar-refractivity contribution is 6.30. The monoisotopic (exact) mass is 345 g/mol. The highest BCUT2D eigenvalue weighted by atomic mass is 35.5. The van der Waals surface area contributed by atoms with Crippen molar-refractivity contribution in [3.63, 3.8) is 0 Å². The van der Waals surface area contributed by atoms with Gasteiger partial charge >= 0.3 is 12.1 Å². The number of aryl methyl sites for hydroxylation is 1. The van der Waals surface area contributed by atoms with Crippen LogP contribution in [0.5, 0.6) is 0 Å². The molecule has 1 unspecified atom stereocenters. The van der Waals surface area contributed by atoms with E-state index in [2.05, 4.69) is 10.1 Å². The zero-order valence-corrected chi connectivity index (χ0v) is 14.4. The van der Waals surface area contributed by atoms with Gasteiger partial charge in [0.2, 0.25) is 0 Å². The minimum Gasteiger partial charge on any atom is -0.467 e. The number of nitrogens with one attached hydrogen (secondary N) is 1. The summed E-state index contributed by atoms with van der Waals surface area (Å²) in [7, 11) is 1.24. The summed E-state index contributed by atoms with van der Waals surface area (Å²) in [6, 6.07) is 3.45. The molecule has 1 aromatic rings. The molecule has 0 spiro atoms. The Labute approximate surface area is 140 Å². The predicted molar refractivity (Wildman–Crippen MR) is 84.9 cm³/mol. The Hall–Kier alpha value is -1.82. The van der Waals surface area contributed by atoms with Gasteiger partial charge in [0, 0.05) is 0 Å². The number of hydrogen-bond acceptors (Lipinski definition) is 4. The molecule has 1 rings (SSSR count). The second-order valence-electron chi connectivity index (χ2n) is 6.01. The van der Waals surface area contributed by atoms with Gasteiger partial charge in [-0.05, 0) is 51.3 Å². The average Bonchev–Trinajstić information content (AvgIpc) is 2.44. The summed E-state index contributed by atoms with van der Waals surface area (Å²) in [5.74, 6) is -1.09. The largest absolute Gasteiger partial charge is 0.467 e. The normalized spacial score (nSPS) is 12.4. The van der Waals surface area contributed by atoms with Gasteiger partial charge in [-0.1, -0.05) is 17.7 Å². The Morgan fingerprint density at radius 3 is 2.52 bits per heavy atom. The molecule has 1 N–H and O–H groups in total. The van der Waals surface area contributed by atoms with Crippen molar-refractivity contribution in [2.75, 3.05) is 7.11 Å². The van der Waals surface area contributed by atoms with Crippen LogP contribution in [-0.4, -0.2) is 30.8 Å². The van der Waals surface area contributed by atoms with E-state index in [9.17, 15) is 14.0 Å². The molecule has 1 amide bonds. The zero-order chi connectivity index (χ0) is 17.6. The van der Waals surface area contributed by atoms with Crippen LogP contribution in [0.3, 0.4) is 0 Å². The summed E-state index contributed by atoms with van der Waals surface area (Å²) in [4.78, 5) is 23.6. The van der Waals surface area contributed by atoms with E-state index in [1.807, 2.05) is 0 Å². The lowest BCUT2D eigenvalue weighted by atomic mass is 10.1. The number of benzene rings is 1. The number of carbonyl (C=O) groups is 2. The van der Waals surface area contributed by atoms with Crippen LogP contribution in [0.2, 0.25) is 5.02 Å². The van der Waals surface area contributed by atoms with E-state index in [4.69, 9.17) is 16.3 Å². The Morgan fingerprint density at radius 2 is 2.00 bits per heavy atom. The average molecular weight is 346 g/mol. The molecule has 1 aromatic carbocycles. The number of rotatable bonds is 5. The van der Waals surface area contributed by atoms with Crippen molar-refractivity contribution in [1.82, 2.24) is 5.32 Å². The van der Waals surface area contributed by atoms with Crippen LogP contribution >= 0.6 is 11.6 Å². The molecule has 0 radical (unpaired) electrons. The fourth-order valence-electron chi connectivity index (χ4n) is 1.85. The molecular weight excluding hydrogens is 325 g/mol. The third-order valence-corrected chi connectivity index (χ3v) is 3.17. The maximum atomic E-state index is 13.1. The number of alkyl carbamates (subject to hydrolysis) is 1. The van der Waals surface area contributed by atoms with Gasteiger partial charge in [-0.3, -0.25) is 0 Å². The van der Waals surface area contributed by atoms with E-state index in [1.54, 1.807) is 26.8 Å². The van der Waals surface area contributed by atoms with Gasteiger partial charge in [0.15, 0.2) is 0 Å². The van der Waals surface area contributed by atoms with Crippen molar-refractivity contribution < 1.29 is 23.5 Å². The second kappa shape index (κ2) is 8.15. The van der Waals surface area contributed by atoms with E-state index < -0.39 is 29.5 Å². The number of amides is 1. The number of methoxy groups -OCH3 is 1. The third-order valence-electron chi connectivity index (χ3n) is 2.88. The third kappa shape index (κ3) is 6.86. The first kappa shape index (κ1) is 19.2. The summed E-state index contributed by atoms with van der Waals surface area (Å²) in [6.07, 6.45) is -0.0197. The molecule has 0 fully saturated rings. The number of halogens is 2. The molecule has 5 nitrogen and oxygen atoms in total. The lowest BCUT2D eigenvalue weighted by molar-refractivity contribution is -0.143. The fourth-order valence-corrected chi connectivity index (χ4v) is 2.05. The quantitative estimate of drug-likeness (QED) is 0.830. The fraction of sp³-hybridized carbons (Fsp3) is 0.500. The summed E-state index contributed by atoms with van der Waals surface area (Å²) in [6.45, 7) is 5.17. The van der Waals surface area contributed by atoms with Crippen molar-refractivity contribution in [1.29, 1.82) is 0 Å². The topological polar surface area (TPSA) is 64.6 Å². The zero-order valence-electron chi connectivity index (χ0n) is 13.6.